The van der Waals surface area contributed by atoms with Gasteiger partial charge in [0, 0.05) is 18.0 Å². The smallest absolute Gasteiger partial charge is 0.149 e. The maximum atomic E-state index is 13.2. The van der Waals surface area contributed by atoms with Gasteiger partial charge in [0.2, 0.25) is 0 Å². The van der Waals surface area contributed by atoms with E-state index in [1.54, 1.807) is 0 Å². The molecule has 1 aliphatic heterocycles. The van der Waals surface area contributed by atoms with E-state index in [0.29, 0.717) is 5.69 Å². The molecule has 1 fully saturated rings. The quantitative estimate of drug-likeness (QED) is 0.648. The lowest BCUT2D eigenvalue weighted by Crippen LogP contribution is -2.08. The number of hydrogen-bond acceptors (Lipinski definition) is 1. The number of fused-ring (bicyclic) bond motifs is 2. The standard InChI is InChI=1S/C10H9F2N/c11-6-3-7-9(8(12)4-6)13-5-10(7)1-2-10/h3-4,13H,1-2,5H2. The van der Waals surface area contributed by atoms with Crippen molar-refractivity contribution >= 4 is 5.69 Å². The van der Waals surface area contributed by atoms with Crippen LogP contribution in [-0.2, 0) is 5.41 Å². The molecule has 3 heteroatoms. The highest BCUT2D eigenvalue weighted by molar-refractivity contribution is 5.63. The lowest BCUT2D eigenvalue weighted by molar-refractivity contribution is 0.583. The molecule has 0 unspecified atom stereocenters. The third-order valence-corrected chi connectivity index (χ3v) is 3.08. The highest BCUT2D eigenvalue weighted by Gasteiger charge is 2.49. The normalized spacial score (nSPS) is 21.4. The molecule has 1 nitrogen and oxygen atoms in total. The number of hydrogen-bond donors (Lipinski definition) is 1. The van der Waals surface area contributed by atoms with Crippen LogP contribution < -0.4 is 5.32 Å². The zero-order chi connectivity index (χ0) is 9.05. The zero-order valence-electron chi connectivity index (χ0n) is 7.03. The Morgan fingerprint density at radius 2 is 2.00 bits per heavy atom. The van der Waals surface area contributed by atoms with E-state index in [1.165, 1.54) is 6.07 Å². The van der Waals surface area contributed by atoms with Gasteiger partial charge in [-0.2, -0.15) is 0 Å². The molecule has 0 saturated heterocycles. The van der Waals surface area contributed by atoms with Gasteiger partial charge in [-0.3, -0.25) is 0 Å². The van der Waals surface area contributed by atoms with Crippen LogP contribution in [0.1, 0.15) is 18.4 Å². The van der Waals surface area contributed by atoms with Crippen LogP contribution in [-0.4, -0.2) is 6.54 Å². The first kappa shape index (κ1) is 7.30. The van der Waals surface area contributed by atoms with Gasteiger partial charge in [0.1, 0.15) is 11.6 Å². The van der Waals surface area contributed by atoms with E-state index in [1.807, 2.05) is 0 Å². The second kappa shape index (κ2) is 2.03. The summed E-state index contributed by atoms with van der Waals surface area (Å²) < 4.78 is 26.1. The minimum Gasteiger partial charge on any atom is -0.382 e. The van der Waals surface area contributed by atoms with Crippen LogP contribution in [0.3, 0.4) is 0 Å². The van der Waals surface area contributed by atoms with Gasteiger partial charge in [0.25, 0.3) is 0 Å². The molecule has 13 heavy (non-hydrogen) atoms. The van der Waals surface area contributed by atoms with E-state index in [-0.39, 0.29) is 5.41 Å². The summed E-state index contributed by atoms with van der Waals surface area (Å²) in [6.07, 6.45) is 2.10. The molecule has 1 aliphatic carbocycles. The van der Waals surface area contributed by atoms with Crippen molar-refractivity contribution in [3.05, 3.63) is 29.3 Å². The molecule has 1 saturated carbocycles. The Hall–Kier alpha value is -1.12. The molecule has 1 aromatic carbocycles. The second-order valence-electron chi connectivity index (χ2n) is 3.94. The van der Waals surface area contributed by atoms with Crippen LogP contribution >= 0.6 is 0 Å². The summed E-state index contributed by atoms with van der Waals surface area (Å²) in [6.45, 7) is 0.767. The van der Waals surface area contributed by atoms with E-state index in [9.17, 15) is 8.78 Å². The molecular weight excluding hydrogens is 172 g/mol. The summed E-state index contributed by atoms with van der Waals surface area (Å²) in [5, 5.41) is 3.01. The minimum absolute atomic E-state index is 0.0677. The lowest BCUT2D eigenvalue weighted by Gasteiger charge is -2.05. The van der Waals surface area contributed by atoms with E-state index in [2.05, 4.69) is 5.32 Å². The fraction of sp³-hybridized carbons (Fsp3) is 0.400. The zero-order valence-corrected chi connectivity index (χ0v) is 7.03. The largest absolute Gasteiger partial charge is 0.382 e. The molecule has 0 amide bonds. The van der Waals surface area contributed by atoms with Crippen molar-refractivity contribution < 1.29 is 8.78 Å². The van der Waals surface area contributed by atoms with Gasteiger partial charge in [-0.05, 0) is 24.5 Å². The monoisotopic (exact) mass is 181 g/mol. The van der Waals surface area contributed by atoms with Crippen molar-refractivity contribution in [2.24, 2.45) is 0 Å². The molecule has 68 valence electrons. The number of benzene rings is 1. The Morgan fingerprint density at radius 3 is 2.69 bits per heavy atom. The van der Waals surface area contributed by atoms with Gasteiger partial charge in [0.15, 0.2) is 0 Å². The van der Waals surface area contributed by atoms with E-state index >= 15 is 0 Å². The van der Waals surface area contributed by atoms with Crippen molar-refractivity contribution in [2.75, 3.05) is 11.9 Å². The highest BCUT2D eigenvalue weighted by atomic mass is 19.1. The Morgan fingerprint density at radius 1 is 1.23 bits per heavy atom. The van der Waals surface area contributed by atoms with Gasteiger partial charge >= 0.3 is 0 Å². The van der Waals surface area contributed by atoms with E-state index < -0.39 is 11.6 Å². The molecule has 0 atom stereocenters. The van der Waals surface area contributed by atoms with Gasteiger partial charge in [-0.15, -0.1) is 0 Å². The van der Waals surface area contributed by atoms with Gasteiger partial charge in [0.05, 0.1) is 5.69 Å². The van der Waals surface area contributed by atoms with Crippen LogP contribution in [0.25, 0.3) is 0 Å². The Bertz CT molecular complexity index is 383. The van der Waals surface area contributed by atoms with Crippen LogP contribution in [0, 0.1) is 11.6 Å². The van der Waals surface area contributed by atoms with Crippen molar-refractivity contribution in [3.8, 4) is 0 Å². The molecule has 0 radical (unpaired) electrons. The molecule has 2 aliphatic rings. The van der Waals surface area contributed by atoms with Crippen LogP contribution in [0.4, 0.5) is 14.5 Å². The Labute approximate surface area is 74.8 Å². The number of anilines is 1. The van der Waals surface area contributed by atoms with E-state index in [0.717, 1.165) is 31.0 Å². The van der Waals surface area contributed by atoms with Crippen molar-refractivity contribution in [3.63, 3.8) is 0 Å². The third-order valence-electron chi connectivity index (χ3n) is 3.08. The SMILES string of the molecule is Fc1cc(F)c2c(c1)C1(CC1)CN2. The third kappa shape index (κ3) is 0.844. The van der Waals surface area contributed by atoms with Crippen LogP contribution in [0.5, 0.6) is 0 Å². The first-order valence-corrected chi connectivity index (χ1v) is 4.45. The fourth-order valence-corrected chi connectivity index (χ4v) is 2.12. The Kier molecular flexibility index (Phi) is 1.14. The van der Waals surface area contributed by atoms with E-state index in [4.69, 9.17) is 0 Å². The van der Waals surface area contributed by atoms with Crippen molar-refractivity contribution in [2.45, 2.75) is 18.3 Å². The number of rotatable bonds is 0. The second-order valence-corrected chi connectivity index (χ2v) is 3.94. The maximum Gasteiger partial charge on any atom is 0.149 e. The predicted octanol–water partition coefficient (Wildman–Crippen LogP) is 2.42. The van der Waals surface area contributed by atoms with Gasteiger partial charge in [-0.25, -0.2) is 8.78 Å². The summed E-state index contributed by atoms with van der Waals surface area (Å²) in [5.74, 6) is -0.926. The van der Waals surface area contributed by atoms with Gasteiger partial charge < -0.3 is 5.32 Å². The fourth-order valence-electron chi connectivity index (χ4n) is 2.12. The maximum absolute atomic E-state index is 13.2. The highest BCUT2D eigenvalue weighted by Crippen LogP contribution is 2.54. The minimum atomic E-state index is -0.466. The average Bonchev–Trinajstić information content (AvgIpc) is 2.73. The van der Waals surface area contributed by atoms with Crippen molar-refractivity contribution in [1.82, 2.24) is 0 Å². The molecule has 3 rings (SSSR count). The molecule has 0 aromatic heterocycles. The summed E-state index contributed by atoms with van der Waals surface area (Å²) in [6, 6.07) is 2.40. The van der Waals surface area contributed by atoms with Crippen molar-refractivity contribution in [1.29, 1.82) is 0 Å². The number of nitrogens with one attached hydrogen (secondary N) is 1. The molecule has 0 bridgehead atoms. The summed E-state index contributed by atoms with van der Waals surface area (Å²) in [7, 11) is 0. The Balaban J connectivity index is 2.24. The molecule has 1 N–H and O–H groups in total. The molecular formula is C10H9F2N. The van der Waals surface area contributed by atoms with Gasteiger partial charge in [-0.1, -0.05) is 0 Å². The van der Waals surface area contributed by atoms with Crippen LogP contribution in [0.2, 0.25) is 0 Å². The number of halogens is 2. The molecule has 1 heterocycles. The summed E-state index contributed by atoms with van der Waals surface area (Å²) in [4.78, 5) is 0. The first-order valence-electron chi connectivity index (χ1n) is 4.45. The lowest BCUT2D eigenvalue weighted by atomic mass is 9.98. The molecule has 1 aromatic rings. The van der Waals surface area contributed by atoms with Crippen LogP contribution in [0.15, 0.2) is 12.1 Å². The topological polar surface area (TPSA) is 12.0 Å². The summed E-state index contributed by atoms with van der Waals surface area (Å²) in [5.41, 5.74) is 1.42. The molecule has 1 spiro atoms. The average molecular weight is 181 g/mol. The predicted molar refractivity (Wildman–Crippen MR) is 45.8 cm³/mol. The first-order chi connectivity index (χ1) is 6.21. The summed E-state index contributed by atoms with van der Waals surface area (Å²) >= 11 is 0.